The highest BCUT2D eigenvalue weighted by Crippen LogP contribution is 2.35. The zero-order valence-electron chi connectivity index (χ0n) is 11.2. The van der Waals surface area contributed by atoms with Gasteiger partial charge in [-0.15, -0.1) is 0 Å². The van der Waals surface area contributed by atoms with Gasteiger partial charge in [0, 0.05) is 11.1 Å². The van der Waals surface area contributed by atoms with E-state index >= 15 is 0 Å². The van der Waals surface area contributed by atoms with Gasteiger partial charge in [0.2, 0.25) is 6.79 Å². The second kappa shape index (κ2) is 4.45. The van der Waals surface area contributed by atoms with Crippen molar-refractivity contribution in [3.05, 3.63) is 59.2 Å². The molecule has 0 spiro atoms. The highest BCUT2D eigenvalue weighted by Gasteiger charge is 2.38. The van der Waals surface area contributed by atoms with Gasteiger partial charge in [-0.1, -0.05) is 30.3 Å². The molecule has 0 N–H and O–H groups in total. The maximum Gasteiger partial charge on any atom is 0.231 e. The second-order valence-corrected chi connectivity index (χ2v) is 5.22. The summed E-state index contributed by atoms with van der Waals surface area (Å²) in [6, 6.07) is 12.5. The largest absolute Gasteiger partial charge is 0.454 e. The molecule has 0 saturated heterocycles. The Balaban J connectivity index is 1.64. The molecular formula is C17H12O4. The first-order chi connectivity index (χ1) is 10.2. The number of hydrogen-bond acceptors (Lipinski definition) is 4. The third-order valence-electron chi connectivity index (χ3n) is 3.97. The molecule has 0 unspecified atom stereocenters. The quantitative estimate of drug-likeness (QED) is 0.794. The van der Waals surface area contributed by atoms with Crippen LogP contribution in [0.1, 0.15) is 26.3 Å². The number of carbonyl (C=O) groups is 2. The monoisotopic (exact) mass is 280 g/mol. The van der Waals surface area contributed by atoms with Crippen LogP contribution in [0, 0.1) is 5.92 Å². The minimum absolute atomic E-state index is 0.0896. The van der Waals surface area contributed by atoms with Crippen molar-refractivity contribution in [2.45, 2.75) is 6.42 Å². The zero-order valence-corrected chi connectivity index (χ0v) is 11.2. The fraction of sp³-hybridized carbons (Fsp3) is 0.176. The molecular weight excluding hydrogens is 268 g/mol. The van der Waals surface area contributed by atoms with Crippen LogP contribution in [0.4, 0.5) is 0 Å². The Kier molecular flexibility index (Phi) is 2.57. The van der Waals surface area contributed by atoms with Crippen LogP contribution in [-0.4, -0.2) is 18.4 Å². The third-order valence-corrected chi connectivity index (χ3v) is 3.97. The van der Waals surface area contributed by atoms with E-state index in [1.807, 2.05) is 18.2 Å². The smallest absolute Gasteiger partial charge is 0.231 e. The lowest BCUT2D eigenvalue weighted by Crippen LogP contribution is -2.17. The number of ether oxygens (including phenoxy) is 2. The number of ketones is 2. The van der Waals surface area contributed by atoms with Crippen LogP contribution in [-0.2, 0) is 6.42 Å². The Morgan fingerprint density at radius 3 is 2.29 bits per heavy atom. The lowest BCUT2D eigenvalue weighted by Gasteiger charge is -2.07. The summed E-state index contributed by atoms with van der Waals surface area (Å²) in [5.41, 5.74) is 1.97. The van der Waals surface area contributed by atoms with Gasteiger partial charge in [-0.3, -0.25) is 9.59 Å². The SMILES string of the molecule is O=C1c2ccccc2C(=O)C1Cc1ccc2c(c1)OCO2. The van der Waals surface area contributed by atoms with Crippen LogP contribution in [0.2, 0.25) is 0 Å². The summed E-state index contributed by atoms with van der Waals surface area (Å²) < 4.78 is 10.6. The topological polar surface area (TPSA) is 52.6 Å². The Labute approximate surface area is 121 Å². The molecule has 2 aliphatic rings. The maximum absolute atomic E-state index is 12.4. The maximum atomic E-state index is 12.4. The number of carbonyl (C=O) groups excluding carboxylic acids is 2. The van der Waals surface area contributed by atoms with Gasteiger partial charge in [0.15, 0.2) is 23.1 Å². The van der Waals surface area contributed by atoms with E-state index in [4.69, 9.17) is 9.47 Å². The molecule has 0 saturated carbocycles. The molecule has 1 heterocycles. The molecule has 0 amide bonds. The van der Waals surface area contributed by atoms with Crippen LogP contribution in [0.25, 0.3) is 0 Å². The fourth-order valence-electron chi connectivity index (χ4n) is 2.90. The zero-order chi connectivity index (χ0) is 14.4. The molecule has 4 heteroatoms. The van der Waals surface area contributed by atoms with E-state index < -0.39 is 5.92 Å². The molecule has 0 bridgehead atoms. The van der Waals surface area contributed by atoms with E-state index in [-0.39, 0.29) is 18.4 Å². The Morgan fingerprint density at radius 2 is 1.57 bits per heavy atom. The lowest BCUT2D eigenvalue weighted by molar-refractivity contribution is 0.0838. The van der Waals surface area contributed by atoms with Crippen molar-refractivity contribution in [3.8, 4) is 11.5 Å². The summed E-state index contributed by atoms with van der Waals surface area (Å²) in [5, 5.41) is 0. The van der Waals surface area contributed by atoms with Crippen molar-refractivity contribution >= 4 is 11.6 Å². The molecule has 104 valence electrons. The van der Waals surface area contributed by atoms with E-state index in [0.29, 0.717) is 29.0 Å². The lowest BCUT2D eigenvalue weighted by atomic mass is 9.94. The normalized spacial score (nSPS) is 16.4. The molecule has 0 radical (unpaired) electrons. The van der Waals surface area contributed by atoms with E-state index in [9.17, 15) is 9.59 Å². The minimum Gasteiger partial charge on any atom is -0.454 e. The first-order valence-corrected chi connectivity index (χ1v) is 6.80. The van der Waals surface area contributed by atoms with Gasteiger partial charge in [-0.05, 0) is 24.1 Å². The van der Waals surface area contributed by atoms with E-state index in [1.165, 1.54) is 0 Å². The number of benzene rings is 2. The van der Waals surface area contributed by atoms with Gasteiger partial charge in [-0.2, -0.15) is 0 Å². The molecule has 0 atom stereocenters. The average Bonchev–Trinajstić information content (AvgIpc) is 3.06. The molecule has 2 aromatic rings. The Bertz CT molecular complexity index is 728. The first-order valence-electron chi connectivity index (χ1n) is 6.80. The Hall–Kier alpha value is -2.62. The summed E-state index contributed by atoms with van der Waals surface area (Å²) in [5.74, 6) is 0.568. The highest BCUT2D eigenvalue weighted by molar-refractivity contribution is 6.26. The van der Waals surface area contributed by atoms with Crippen LogP contribution in [0.3, 0.4) is 0 Å². The van der Waals surface area contributed by atoms with E-state index in [2.05, 4.69) is 0 Å². The summed E-state index contributed by atoms with van der Waals surface area (Å²) in [6.45, 7) is 0.214. The summed E-state index contributed by atoms with van der Waals surface area (Å²) in [7, 11) is 0. The van der Waals surface area contributed by atoms with Gasteiger partial charge in [0.1, 0.15) is 0 Å². The van der Waals surface area contributed by atoms with E-state index in [1.54, 1.807) is 24.3 Å². The molecule has 1 aliphatic heterocycles. The molecule has 4 rings (SSSR count). The molecule has 2 aromatic carbocycles. The fourth-order valence-corrected chi connectivity index (χ4v) is 2.90. The van der Waals surface area contributed by atoms with E-state index in [0.717, 1.165) is 5.56 Å². The van der Waals surface area contributed by atoms with Gasteiger partial charge >= 0.3 is 0 Å². The van der Waals surface area contributed by atoms with Gasteiger partial charge in [-0.25, -0.2) is 0 Å². The van der Waals surface area contributed by atoms with Crippen LogP contribution < -0.4 is 9.47 Å². The van der Waals surface area contributed by atoms with Gasteiger partial charge in [0.05, 0.1) is 5.92 Å². The van der Waals surface area contributed by atoms with Gasteiger partial charge < -0.3 is 9.47 Å². The highest BCUT2D eigenvalue weighted by atomic mass is 16.7. The minimum atomic E-state index is -0.622. The van der Waals surface area contributed by atoms with Crippen molar-refractivity contribution in [3.63, 3.8) is 0 Å². The summed E-state index contributed by atoms with van der Waals surface area (Å²) >= 11 is 0. The molecule has 0 aromatic heterocycles. The van der Waals surface area contributed by atoms with Crippen molar-refractivity contribution in [1.82, 2.24) is 0 Å². The third kappa shape index (κ3) is 1.83. The Morgan fingerprint density at radius 1 is 0.905 bits per heavy atom. The van der Waals surface area contributed by atoms with Gasteiger partial charge in [0.25, 0.3) is 0 Å². The molecule has 4 nitrogen and oxygen atoms in total. The van der Waals surface area contributed by atoms with Crippen molar-refractivity contribution < 1.29 is 19.1 Å². The number of rotatable bonds is 2. The van der Waals surface area contributed by atoms with Crippen molar-refractivity contribution in [1.29, 1.82) is 0 Å². The standard InChI is InChI=1S/C17H12O4/c18-16-11-3-1-2-4-12(11)17(19)13(16)7-10-5-6-14-15(8-10)21-9-20-14/h1-6,8,13H,7,9H2. The van der Waals surface area contributed by atoms with Crippen molar-refractivity contribution in [2.24, 2.45) is 5.92 Å². The summed E-state index contributed by atoms with van der Waals surface area (Å²) in [4.78, 5) is 24.7. The molecule has 0 fully saturated rings. The average molecular weight is 280 g/mol. The number of hydrogen-bond donors (Lipinski definition) is 0. The predicted molar refractivity (Wildman–Crippen MR) is 74.9 cm³/mol. The van der Waals surface area contributed by atoms with Crippen LogP contribution >= 0.6 is 0 Å². The number of fused-ring (bicyclic) bond motifs is 2. The molecule has 1 aliphatic carbocycles. The predicted octanol–water partition coefficient (Wildman–Crippen LogP) is 2.65. The van der Waals surface area contributed by atoms with Crippen LogP contribution in [0.15, 0.2) is 42.5 Å². The molecule has 21 heavy (non-hydrogen) atoms. The second-order valence-electron chi connectivity index (χ2n) is 5.22. The summed E-state index contributed by atoms with van der Waals surface area (Å²) in [6.07, 6.45) is 0.392. The first kappa shape index (κ1) is 12.1. The number of Topliss-reactive ketones (excluding diaryl/α,β-unsaturated/α-hetero) is 2. The van der Waals surface area contributed by atoms with Crippen molar-refractivity contribution in [2.75, 3.05) is 6.79 Å². The van der Waals surface area contributed by atoms with Crippen LogP contribution in [0.5, 0.6) is 11.5 Å².